The fourth-order valence-corrected chi connectivity index (χ4v) is 2.70. The summed E-state index contributed by atoms with van der Waals surface area (Å²) >= 11 is 6.19. The maximum atomic E-state index is 12.4. The summed E-state index contributed by atoms with van der Waals surface area (Å²) in [6.07, 6.45) is 0. The minimum Gasteiger partial charge on any atom is -0.457 e. The van der Waals surface area contributed by atoms with Gasteiger partial charge in [0.25, 0.3) is 0 Å². The summed E-state index contributed by atoms with van der Waals surface area (Å²) in [4.78, 5) is 24.1. The predicted molar refractivity (Wildman–Crippen MR) is 98.4 cm³/mol. The van der Waals surface area contributed by atoms with Crippen LogP contribution in [-0.2, 0) is 20.8 Å². The largest absolute Gasteiger partial charge is 0.457 e. The van der Waals surface area contributed by atoms with Crippen LogP contribution in [0.4, 0.5) is 0 Å². The Labute approximate surface area is 158 Å². The number of ether oxygens (including phenoxy) is 2. The summed E-state index contributed by atoms with van der Waals surface area (Å²) < 4.78 is 11.9. The molecule has 0 atom stereocenters. The van der Waals surface area contributed by atoms with Gasteiger partial charge in [0.05, 0.1) is 17.9 Å². The van der Waals surface area contributed by atoms with E-state index < -0.39 is 24.1 Å². The Morgan fingerprint density at radius 1 is 1.19 bits per heavy atom. The molecule has 0 bridgehead atoms. The second kappa shape index (κ2) is 7.91. The van der Waals surface area contributed by atoms with Crippen LogP contribution in [-0.4, -0.2) is 33.9 Å². The third kappa shape index (κ3) is 5.08. The van der Waals surface area contributed by atoms with E-state index in [-0.39, 0.29) is 0 Å². The molecule has 0 aliphatic rings. The quantitative estimate of drug-likeness (QED) is 0.742. The van der Waals surface area contributed by atoms with E-state index >= 15 is 0 Å². The molecule has 1 aromatic carbocycles. The Morgan fingerprint density at radius 2 is 1.85 bits per heavy atom. The summed E-state index contributed by atoms with van der Waals surface area (Å²) in [6, 6.07) is 7.45. The summed E-state index contributed by atoms with van der Waals surface area (Å²) in [5, 5.41) is 5.03. The van der Waals surface area contributed by atoms with Gasteiger partial charge in [-0.2, -0.15) is 5.10 Å². The molecule has 0 saturated heterocycles. The number of benzene rings is 1. The molecule has 0 radical (unpaired) electrons. The van der Waals surface area contributed by atoms with Gasteiger partial charge in [-0.1, -0.05) is 29.8 Å². The molecule has 0 aliphatic heterocycles. The average molecular weight is 379 g/mol. The van der Waals surface area contributed by atoms with Gasteiger partial charge in [-0.25, -0.2) is 9.59 Å². The maximum absolute atomic E-state index is 12.4. The van der Waals surface area contributed by atoms with Crippen molar-refractivity contribution in [3.8, 4) is 0 Å². The van der Waals surface area contributed by atoms with Gasteiger partial charge in [-0.05, 0) is 46.2 Å². The van der Waals surface area contributed by atoms with Gasteiger partial charge < -0.3 is 9.47 Å². The van der Waals surface area contributed by atoms with Crippen molar-refractivity contribution in [2.75, 3.05) is 6.61 Å². The predicted octanol–water partition coefficient (Wildman–Crippen LogP) is 3.70. The molecule has 0 saturated carbocycles. The molecule has 2 rings (SSSR count). The van der Waals surface area contributed by atoms with Crippen molar-refractivity contribution in [1.82, 2.24) is 9.78 Å². The Morgan fingerprint density at radius 3 is 2.46 bits per heavy atom. The zero-order valence-corrected chi connectivity index (χ0v) is 16.4. The number of esters is 2. The zero-order valence-electron chi connectivity index (χ0n) is 15.6. The van der Waals surface area contributed by atoms with Crippen molar-refractivity contribution in [3.05, 3.63) is 51.8 Å². The minimum absolute atomic E-state index is 0.348. The lowest BCUT2D eigenvalue weighted by Crippen LogP contribution is -2.27. The van der Waals surface area contributed by atoms with Gasteiger partial charge in [0, 0.05) is 5.02 Å². The van der Waals surface area contributed by atoms with Crippen LogP contribution in [0.2, 0.25) is 5.02 Å². The minimum atomic E-state index is -0.630. The van der Waals surface area contributed by atoms with Gasteiger partial charge in [0.1, 0.15) is 11.2 Å². The first-order valence-corrected chi connectivity index (χ1v) is 8.62. The van der Waals surface area contributed by atoms with Crippen LogP contribution in [0.15, 0.2) is 24.3 Å². The number of aromatic nitrogens is 2. The highest BCUT2D eigenvalue weighted by Crippen LogP contribution is 2.20. The molecular weight excluding hydrogens is 356 g/mol. The van der Waals surface area contributed by atoms with Crippen LogP contribution in [0.5, 0.6) is 0 Å². The van der Waals surface area contributed by atoms with Crippen molar-refractivity contribution >= 4 is 23.5 Å². The normalized spacial score (nSPS) is 11.3. The molecule has 0 spiro atoms. The zero-order chi connectivity index (χ0) is 19.5. The lowest BCUT2D eigenvalue weighted by molar-refractivity contribution is -0.158. The number of hydrogen-bond donors (Lipinski definition) is 0. The first kappa shape index (κ1) is 20.0. The number of rotatable bonds is 5. The lowest BCUT2D eigenvalue weighted by atomic mass is 10.2. The Bertz CT molecular complexity index is 821. The SMILES string of the molecule is Cc1nn(Cc2ccccc2Cl)c(C)c1C(=O)OCC(=O)OC(C)(C)C. The number of aryl methyl sites for hydroxylation is 1. The van der Waals surface area contributed by atoms with E-state index in [1.54, 1.807) is 45.4 Å². The van der Waals surface area contributed by atoms with Gasteiger partial charge in [0.2, 0.25) is 0 Å². The van der Waals surface area contributed by atoms with E-state index in [0.29, 0.717) is 28.5 Å². The van der Waals surface area contributed by atoms with E-state index in [1.807, 2.05) is 18.2 Å². The fraction of sp³-hybridized carbons (Fsp3) is 0.421. The molecular formula is C19H23ClN2O4. The number of hydrogen-bond acceptors (Lipinski definition) is 5. The number of halogens is 1. The second-order valence-corrected chi connectivity index (χ2v) is 7.36. The smallest absolute Gasteiger partial charge is 0.344 e. The first-order chi connectivity index (χ1) is 12.1. The van der Waals surface area contributed by atoms with Crippen LogP contribution in [0, 0.1) is 13.8 Å². The van der Waals surface area contributed by atoms with Crippen LogP contribution in [0.1, 0.15) is 48.1 Å². The molecule has 1 heterocycles. The fourth-order valence-electron chi connectivity index (χ4n) is 2.50. The highest BCUT2D eigenvalue weighted by atomic mass is 35.5. The van der Waals surface area contributed by atoms with Crippen molar-refractivity contribution < 1.29 is 19.1 Å². The molecule has 2 aromatic rings. The summed E-state index contributed by atoms with van der Waals surface area (Å²) in [6.45, 7) is 8.75. The van der Waals surface area contributed by atoms with E-state index in [0.717, 1.165) is 5.56 Å². The van der Waals surface area contributed by atoms with Crippen molar-refractivity contribution in [2.45, 2.75) is 46.8 Å². The first-order valence-electron chi connectivity index (χ1n) is 8.25. The molecule has 0 aliphatic carbocycles. The van der Waals surface area contributed by atoms with Crippen molar-refractivity contribution in [1.29, 1.82) is 0 Å². The van der Waals surface area contributed by atoms with E-state index in [2.05, 4.69) is 5.10 Å². The number of carbonyl (C=O) groups excluding carboxylic acids is 2. The third-order valence-electron chi connectivity index (χ3n) is 3.60. The molecule has 0 N–H and O–H groups in total. The van der Waals surface area contributed by atoms with E-state index in [9.17, 15) is 9.59 Å². The summed E-state index contributed by atoms with van der Waals surface area (Å²) in [7, 11) is 0. The van der Waals surface area contributed by atoms with Gasteiger partial charge in [-0.15, -0.1) is 0 Å². The molecule has 1 aromatic heterocycles. The van der Waals surface area contributed by atoms with Gasteiger partial charge in [-0.3, -0.25) is 4.68 Å². The maximum Gasteiger partial charge on any atom is 0.344 e. The molecule has 0 unspecified atom stereocenters. The summed E-state index contributed by atoms with van der Waals surface area (Å²) in [5.74, 6) is -1.19. The highest BCUT2D eigenvalue weighted by molar-refractivity contribution is 6.31. The van der Waals surface area contributed by atoms with Crippen molar-refractivity contribution in [2.24, 2.45) is 0 Å². The van der Waals surface area contributed by atoms with Crippen LogP contribution in [0.3, 0.4) is 0 Å². The Hall–Kier alpha value is -2.34. The van der Waals surface area contributed by atoms with E-state index in [1.165, 1.54) is 0 Å². The topological polar surface area (TPSA) is 70.4 Å². The molecule has 6 nitrogen and oxygen atoms in total. The van der Waals surface area contributed by atoms with Crippen LogP contribution >= 0.6 is 11.6 Å². The standard InChI is InChI=1S/C19H23ClN2O4/c1-12-17(18(24)25-11-16(23)26-19(3,4)5)13(2)22(21-12)10-14-8-6-7-9-15(14)20/h6-9H,10-11H2,1-5H3. The molecule has 0 fully saturated rings. The average Bonchev–Trinajstić information content (AvgIpc) is 2.80. The third-order valence-corrected chi connectivity index (χ3v) is 3.97. The number of carbonyl (C=O) groups is 2. The van der Waals surface area contributed by atoms with Crippen LogP contribution < -0.4 is 0 Å². The molecule has 140 valence electrons. The molecule has 7 heteroatoms. The highest BCUT2D eigenvalue weighted by Gasteiger charge is 2.23. The Balaban J connectivity index is 2.10. The number of nitrogens with zero attached hydrogens (tertiary/aromatic N) is 2. The Kier molecular flexibility index (Phi) is 6.08. The summed E-state index contributed by atoms with van der Waals surface area (Å²) in [5.41, 5.74) is 1.80. The monoisotopic (exact) mass is 378 g/mol. The second-order valence-electron chi connectivity index (χ2n) is 6.96. The van der Waals surface area contributed by atoms with E-state index in [4.69, 9.17) is 21.1 Å². The molecule has 0 amide bonds. The van der Waals surface area contributed by atoms with Gasteiger partial charge in [0.15, 0.2) is 6.61 Å². The van der Waals surface area contributed by atoms with Gasteiger partial charge >= 0.3 is 11.9 Å². The van der Waals surface area contributed by atoms with Crippen LogP contribution in [0.25, 0.3) is 0 Å². The van der Waals surface area contributed by atoms with Crippen molar-refractivity contribution in [3.63, 3.8) is 0 Å². The lowest BCUT2D eigenvalue weighted by Gasteiger charge is -2.19. The molecule has 26 heavy (non-hydrogen) atoms.